The number of amidine groups is 1. The molecule has 40 heavy (non-hydrogen) atoms. The number of amides is 1. The molecule has 0 saturated heterocycles. The maximum atomic E-state index is 13.1. The van der Waals surface area contributed by atoms with E-state index in [2.05, 4.69) is 10.6 Å². The molecule has 0 bridgehead atoms. The van der Waals surface area contributed by atoms with Gasteiger partial charge >= 0.3 is 5.97 Å². The first-order chi connectivity index (χ1) is 18.7. The standard InChI is InChI=1S/C29H34N4O6S/c1-29(2,3)25(17-39-40(4,37)38)33-27(34)19-11-14-23(24(15-19)28(35)36)22-8-6-5-7-20(22)16-32-21-12-9-18(10-13-21)26(30)31/h5-15,25,32H,16-17H2,1-4H3,(H3,30,31)(H,33,34)(H,35,36)/t25-/m1/s1. The van der Waals surface area contributed by atoms with E-state index in [9.17, 15) is 23.1 Å². The van der Waals surface area contributed by atoms with Gasteiger partial charge in [-0.05, 0) is 58.5 Å². The lowest BCUT2D eigenvalue weighted by molar-refractivity contribution is 0.0697. The fraction of sp³-hybridized carbons (Fsp3) is 0.276. The van der Waals surface area contributed by atoms with Crippen molar-refractivity contribution in [2.45, 2.75) is 33.4 Å². The highest BCUT2D eigenvalue weighted by atomic mass is 32.2. The Morgan fingerprint density at radius 1 is 1.00 bits per heavy atom. The van der Waals surface area contributed by atoms with Crippen LogP contribution >= 0.6 is 0 Å². The number of hydrogen-bond donors (Lipinski definition) is 5. The van der Waals surface area contributed by atoms with Crippen LogP contribution in [0.4, 0.5) is 5.69 Å². The van der Waals surface area contributed by atoms with Crippen LogP contribution in [0.15, 0.2) is 66.7 Å². The Bertz CT molecular complexity index is 1510. The monoisotopic (exact) mass is 566 g/mol. The van der Waals surface area contributed by atoms with Crippen LogP contribution in [-0.4, -0.2) is 50.1 Å². The van der Waals surface area contributed by atoms with Crippen LogP contribution in [0.3, 0.4) is 0 Å². The lowest BCUT2D eigenvalue weighted by Crippen LogP contribution is -2.47. The van der Waals surface area contributed by atoms with E-state index in [0.717, 1.165) is 17.5 Å². The van der Waals surface area contributed by atoms with E-state index in [1.165, 1.54) is 6.07 Å². The number of carbonyl (C=O) groups is 2. The quantitative estimate of drug-likeness (QED) is 0.131. The van der Waals surface area contributed by atoms with Crippen LogP contribution in [0.25, 0.3) is 11.1 Å². The number of carboxylic acids is 1. The van der Waals surface area contributed by atoms with Gasteiger partial charge in [0.1, 0.15) is 5.84 Å². The van der Waals surface area contributed by atoms with E-state index in [-0.39, 0.29) is 23.6 Å². The molecule has 3 aromatic rings. The Hall–Kier alpha value is -4.22. The predicted molar refractivity (Wildman–Crippen MR) is 155 cm³/mol. The number of nitrogens with one attached hydrogen (secondary N) is 3. The van der Waals surface area contributed by atoms with Crippen LogP contribution in [0.5, 0.6) is 0 Å². The number of nitrogens with two attached hydrogens (primary N) is 1. The minimum atomic E-state index is -3.71. The van der Waals surface area contributed by atoms with E-state index in [1.807, 2.05) is 45.0 Å². The largest absolute Gasteiger partial charge is 0.478 e. The lowest BCUT2D eigenvalue weighted by Gasteiger charge is -2.31. The SMILES string of the molecule is CC(C)(C)[C@@H](COS(C)(=O)=O)NC(=O)c1ccc(-c2ccccc2CNc2ccc(C(=N)N)cc2)c(C(=O)O)c1. The van der Waals surface area contributed by atoms with Crippen molar-refractivity contribution in [1.29, 1.82) is 5.41 Å². The molecule has 0 aliphatic heterocycles. The average molecular weight is 567 g/mol. The fourth-order valence-electron chi connectivity index (χ4n) is 3.94. The molecule has 0 fully saturated rings. The van der Waals surface area contributed by atoms with Crippen molar-refractivity contribution in [3.05, 3.63) is 89.0 Å². The van der Waals surface area contributed by atoms with Gasteiger partial charge < -0.3 is 21.5 Å². The molecule has 3 aromatic carbocycles. The predicted octanol–water partition coefficient (Wildman–Crippen LogP) is 4.07. The van der Waals surface area contributed by atoms with Gasteiger partial charge in [0, 0.05) is 23.4 Å². The zero-order valence-electron chi connectivity index (χ0n) is 22.8. The van der Waals surface area contributed by atoms with Gasteiger partial charge in [0.2, 0.25) is 0 Å². The molecule has 0 saturated carbocycles. The maximum Gasteiger partial charge on any atom is 0.336 e. The maximum absolute atomic E-state index is 13.1. The first-order valence-corrected chi connectivity index (χ1v) is 14.3. The molecule has 0 unspecified atom stereocenters. The summed E-state index contributed by atoms with van der Waals surface area (Å²) < 4.78 is 27.9. The minimum absolute atomic E-state index is 0.0219. The number of nitrogen functional groups attached to an aromatic ring is 1. The highest BCUT2D eigenvalue weighted by molar-refractivity contribution is 7.85. The molecule has 0 radical (unpaired) electrons. The van der Waals surface area contributed by atoms with Crippen molar-refractivity contribution < 1.29 is 27.3 Å². The third-order valence-corrected chi connectivity index (χ3v) is 6.86. The summed E-state index contributed by atoms with van der Waals surface area (Å²) in [5.74, 6) is -1.76. The Morgan fingerprint density at radius 2 is 1.62 bits per heavy atom. The van der Waals surface area contributed by atoms with Gasteiger partial charge in [-0.25, -0.2) is 4.79 Å². The molecule has 0 aromatic heterocycles. The molecule has 3 rings (SSSR count). The normalized spacial score (nSPS) is 12.4. The summed E-state index contributed by atoms with van der Waals surface area (Å²) in [6.07, 6.45) is 0.934. The van der Waals surface area contributed by atoms with Crippen molar-refractivity contribution in [2.24, 2.45) is 11.1 Å². The summed E-state index contributed by atoms with van der Waals surface area (Å²) in [4.78, 5) is 25.4. The number of benzene rings is 3. The van der Waals surface area contributed by atoms with E-state index >= 15 is 0 Å². The van der Waals surface area contributed by atoms with Gasteiger partial charge in [0.05, 0.1) is 24.5 Å². The fourth-order valence-corrected chi connectivity index (χ4v) is 4.32. The molecule has 0 aliphatic carbocycles. The van der Waals surface area contributed by atoms with Gasteiger partial charge in [-0.2, -0.15) is 8.42 Å². The number of hydrogen-bond acceptors (Lipinski definition) is 7. The molecule has 6 N–H and O–H groups in total. The van der Waals surface area contributed by atoms with Crippen LogP contribution in [-0.2, 0) is 20.8 Å². The van der Waals surface area contributed by atoms with Crippen molar-refractivity contribution in [2.75, 3.05) is 18.2 Å². The number of anilines is 1. The van der Waals surface area contributed by atoms with E-state index in [0.29, 0.717) is 23.2 Å². The number of aromatic carboxylic acids is 1. The number of carboxylic acid groups (broad SMARTS) is 1. The second kappa shape index (κ2) is 12.3. The van der Waals surface area contributed by atoms with Crippen molar-refractivity contribution >= 4 is 33.5 Å². The zero-order valence-corrected chi connectivity index (χ0v) is 23.6. The summed E-state index contributed by atoms with van der Waals surface area (Å²) in [6, 6.07) is 18.2. The van der Waals surface area contributed by atoms with Crippen LogP contribution in [0, 0.1) is 10.8 Å². The van der Waals surface area contributed by atoms with E-state index in [1.54, 1.807) is 36.4 Å². The topological polar surface area (TPSA) is 172 Å². The molecule has 1 atom stereocenters. The Balaban J connectivity index is 1.87. The molecule has 0 spiro atoms. The second-order valence-corrected chi connectivity index (χ2v) is 12.1. The second-order valence-electron chi connectivity index (χ2n) is 10.4. The number of carbonyl (C=O) groups excluding carboxylic acids is 1. The highest BCUT2D eigenvalue weighted by Crippen LogP contribution is 2.29. The summed E-state index contributed by atoms with van der Waals surface area (Å²) in [6.45, 7) is 5.63. The Kier molecular flexibility index (Phi) is 9.33. The molecule has 11 heteroatoms. The minimum Gasteiger partial charge on any atom is -0.478 e. The molecular formula is C29H34N4O6S. The third kappa shape index (κ3) is 8.14. The van der Waals surface area contributed by atoms with Gasteiger partial charge in [0.25, 0.3) is 16.0 Å². The first-order valence-electron chi connectivity index (χ1n) is 12.4. The van der Waals surface area contributed by atoms with E-state index in [4.69, 9.17) is 15.3 Å². The van der Waals surface area contributed by atoms with Crippen LogP contribution in [0.1, 0.15) is 52.6 Å². The van der Waals surface area contributed by atoms with Crippen molar-refractivity contribution in [3.8, 4) is 11.1 Å². The molecule has 0 heterocycles. The summed E-state index contributed by atoms with van der Waals surface area (Å²) in [5.41, 5.74) is 8.44. The Labute approximate surface area is 234 Å². The molecular weight excluding hydrogens is 532 g/mol. The van der Waals surface area contributed by atoms with Crippen molar-refractivity contribution in [1.82, 2.24) is 5.32 Å². The van der Waals surface area contributed by atoms with E-state index < -0.39 is 33.5 Å². The van der Waals surface area contributed by atoms with Gasteiger partial charge in [-0.1, -0.05) is 51.1 Å². The first kappa shape index (κ1) is 30.3. The highest BCUT2D eigenvalue weighted by Gasteiger charge is 2.29. The summed E-state index contributed by atoms with van der Waals surface area (Å²) >= 11 is 0. The van der Waals surface area contributed by atoms with Gasteiger partial charge in [-0.3, -0.25) is 14.4 Å². The number of rotatable bonds is 11. The van der Waals surface area contributed by atoms with Crippen molar-refractivity contribution in [3.63, 3.8) is 0 Å². The van der Waals surface area contributed by atoms with Crippen LogP contribution in [0.2, 0.25) is 0 Å². The van der Waals surface area contributed by atoms with Crippen LogP contribution < -0.4 is 16.4 Å². The van der Waals surface area contributed by atoms with Gasteiger partial charge in [-0.15, -0.1) is 0 Å². The Morgan fingerprint density at radius 3 is 2.20 bits per heavy atom. The van der Waals surface area contributed by atoms with Gasteiger partial charge in [0.15, 0.2) is 0 Å². The lowest BCUT2D eigenvalue weighted by atomic mass is 9.87. The average Bonchev–Trinajstić information content (AvgIpc) is 2.88. The summed E-state index contributed by atoms with van der Waals surface area (Å²) in [5, 5.41) is 23.6. The molecule has 1 amide bonds. The zero-order chi connectivity index (χ0) is 29.7. The smallest absolute Gasteiger partial charge is 0.336 e. The molecule has 212 valence electrons. The molecule has 10 nitrogen and oxygen atoms in total. The third-order valence-electron chi connectivity index (χ3n) is 6.30. The summed E-state index contributed by atoms with van der Waals surface area (Å²) in [7, 11) is -3.71. The molecule has 0 aliphatic rings.